The molecule has 1 fully saturated rings. The quantitative estimate of drug-likeness (QED) is 0.942. The Labute approximate surface area is 130 Å². The van der Waals surface area contributed by atoms with Crippen molar-refractivity contribution in [3.8, 4) is 0 Å². The SMILES string of the molecule is CC1(C)C(=O)NN(c2ccccc2)[C@H]1OCc1ccccc1. The molecule has 1 amide bonds. The van der Waals surface area contributed by atoms with E-state index >= 15 is 0 Å². The molecule has 1 aliphatic heterocycles. The second kappa shape index (κ2) is 5.81. The van der Waals surface area contributed by atoms with Crippen molar-refractivity contribution in [1.82, 2.24) is 5.43 Å². The molecule has 0 radical (unpaired) electrons. The second-order valence-corrected chi connectivity index (χ2v) is 6.02. The van der Waals surface area contributed by atoms with Crippen LogP contribution in [0.5, 0.6) is 0 Å². The molecule has 0 aromatic heterocycles. The van der Waals surface area contributed by atoms with Gasteiger partial charge in [-0.15, -0.1) is 0 Å². The average molecular weight is 296 g/mol. The number of nitrogens with one attached hydrogen (secondary N) is 1. The van der Waals surface area contributed by atoms with E-state index in [1.165, 1.54) is 0 Å². The van der Waals surface area contributed by atoms with Crippen LogP contribution >= 0.6 is 0 Å². The molecule has 4 nitrogen and oxygen atoms in total. The summed E-state index contributed by atoms with van der Waals surface area (Å²) in [6.07, 6.45) is -0.359. The fourth-order valence-corrected chi connectivity index (χ4v) is 2.57. The maximum Gasteiger partial charge on any atom is 0.248 e. The third kappa shape index (κ3) is 2.70. The number of nitrogens with zero attached hydrogens (tertiary/aromatic N) is 1. The summed E-state index contributed by atoms with van der Waals surface area (Å²) in [4.78, 5) is 12.3. The Balaban J connectivity index is 1.82. The molecule has 22 heavy (non-hydrogen) atoms. The van der Waals surface area contributed by atoms with E-state index in [1.807, 2.05) is 79.5 Å². The Morgan fingerprint density at radius 3 is 2.27 bits per heavy atom. The van der Waals surface area contributed by atoms with Gasteiger partial charge in [0.25, 0.3) is 0 Å². The minimum atomic E-state index is -0.620. The van der Waals surface area contributed by atoms with Gasteiger partial charge in [-0.1, -0.05) is 48.5 Å². The molecule has 1 aliphatic rings. The number of rotatable bonds is 4. The largest absolute Gasteiger partial charge is 0.351 e. The smallest absolute Gasteiger partial charge is 0.248 e. The highest BCUT2D eigenvalue weighted by Gasteiger charge is 2.48. The topological polar surface area (TPSA) is 41.6 Å². The maximum absolute atomic E-state index is 12.3. The van der Waals surface area contributed by atoms with E-state index in [0.29, 0.717) is 6.61 Å². The molecular formula is C18H20N2O2. The van der Waals surface area contributed by atoms with Gasteiger partial charge in [-0.25, -0.2) is 0 Å². The standard InChI is InChI=1S/C18H20N2O2/c1-18(2)16(21)19-20(15-11-7-4-8-12-15)17(18)22-13-14-9-5-3-6-10-14/h3-12,17H,13H2,1-2H3,(H,19,21)/t17-/m0/s1. The zero-order chi connectivity index (χ0) is 15.6. The molecule has 0 saturated carbocycles. The second-order valence-electron chi connectivity index (χ2n) is 6.02. The molecule has 1 heterocycles. The first kappa shape index (κ1) is 14.6. The van der Waals surface area contributed by atoms with Crippen LogP contribution in [0.25, 0.3) is 0 Å². The first-order chi connectivity index (χ1) is 10.6. The van der Waals surface area contributed by atoms with Crippen LogP contribution in [0.15, 0.2) is 60.7 Å². The van der Waals surface area contributed by atoms with Crippen LogP contribution in [0.1, 0.15) is 19.4 Å². The summed E-state index contributed by atoms with van der Waals surface area (Å²) < 4.78 is 6.08. The summed E-state index contributed by atoms with van der Waals surface area (Å²) in [5.74, 6) is -0.0329. The van der Waals surface area contributed by atoms with E-state index in [-0.39, 0.29) is 12.1 Å². The van der Waals surface area contributed by atoms with E-state index in [9.17, 15) is 4.79 Å². The lowest BCUT2D eigenvalue weighted by atomic mass is 9.91. The summed E-state index contributed by atoms with van der Waals surface area (Å²) in [5.41, 5.74) is 4.30. The zero-order valence-corrected chi connectivity index (χ0v) is 12.8. The monoisotopic (exact) mass is 296 g/mol. The Hall–Kier alpha value is -2.33. The summed E-state index contributed by atoms with van der Waals surface area (Å²) in [6, 6.07) is 19.7. The van der Waals surface area contributed by atoms with Crippen LogP contribution in [0.3, 0.4) is 0 Å². The molecule has 1 atom stereocenters. The third-order valence-electron chi connectivity index (χ3n) is 3.94. The minimum Gasteiger partial charge on any atom is -0.351 e. The molecule has 0 aliphatic carbocycles. The van der Waals surface area contributed by atoms with Gasteiger partial charge in [0, 0.05) is 0 Å². The van der Waals surface area contributed by atoms with Crippen LogP contribution in [0.2, 0.25) is 0 Å². The highest BCUT2D eigenvalue weighted by Crippen LogP contribution is 2.34. The average Bonchev–Trinajstić information content (AvgIpc) is 2.77. The fraction of sp³-hybridized carbons (Fsp3) is 0.278. The Morgan fingerprint density at radius 2 is 1.64 bits per heavy atom. The first-order valence-corrected chi connectivity index (χ1v) is 7.40. The van der Waals surface area contributed by atoms with E-state index in [1.54, 1.807) is 0 Å². The van der Waals surface area contributed by atoms with E-state index in [0.717, 1.165) is 11.3 Å². The lowest BCUT2D eigenvalue weighted by Gasteiger charge is -2.30. The summed E-state index contributed by atoms with van der Waals surface area (Å²) >= 11 is 0. The molecule has 0 unspecified atom stereocenters. The maximum atomic E-state index is 12.3. The van der Waals surface area contributed by atoms with Gasteiger partial charge in [-0.3, -0.25) is 15.2 Å². The number of benzene rings is 2. The van der Waals surface area contributed by atoms with Gasteiger partial charge in [0.15, 0.2) is 6.23 Å². The van der Waals surface area contributed by atoms with Gasteiger partial charge in [0.2, 0.25) is 5.91 Å². The molecule has 2 aromatic rings. The Morgan fingerprint density at radius 1 is 1.05 bits per heavy atom. The number of carbonyl (C=O) groups excluding carboxylic acids is 1. The number of para-hydroxylation sites is 1. The highest BCUT2D eigenvalue weighted by atomic mass is 16.5. The molecule has 0 bridgehead atoms. The summed E-state index contributed by atoms with van der Waals surface area (Å²) in [6.45, 7) is 4.27. The van der Waals surface area contributed by atoms with Crippen molar-refractivity contribution in [1.29, 1.82) is 0 Å². The number of ether oxygens (including phenoxy) is 1. The number of amides is 1. The Kier molecular flexibility index (Phi) is 3.86. The minimum absolute atomic E-state index is 0.0329. The van der Waals surface area contributed by atoms with Crippen LogP contribution in [0.4, 0.5) is 5.69 Å². The van der Waals surface area contributed by atoms with E-state index in [2.05, 4.69) is 5.43 Å². The lowest BCUT2D eigenvalue weighted by molar-refractivity contribution is -0.130. The first-order valence-electron chi connectivity index (χ1n) is 7.40. The van der Waals surface area contributed by atoms with Crippen molar-refractivity contribution in [2.24, 2.45) is 5.41 Å². The van der Waals surface area contributed by atoms with Crippen molar-refractivity contribution in [3.63, 3.8) is 0 Å². The van der Waals surface area contributed by atoms with Gasteiger partial charge in [-0.05, 0) is 31.5 Å². The van der Waals surface area contributed by atoms with Crippen LogP contribution in [-0.2, 0) is 16.1 Å². The van der Waals surface area contributed by atoms with Gasteiger partial charge in [0.1, 0.15) is 0 Å². The molecule has 114 valence electrons. The van der Waals surface area contributed by atoms with Gasteiger partial charge in [0.05, 0.1) is 17.7 Å². The van der Waals surface area contributed by atoms with Crippen molar-refractivity contribution in [3.05, 3.63) is 66.2 Å². The predicted octanol–water partition coefficient (Wildman–Crippen LogP) is 3.11. The van der Waals surface area contributed by atoms with Crippen LogP contribution in [-0.4, -0.2) is 12.1 Å². The van der Waals surface area contributed by atoms with E-state index < -0.39 is 5.41 Å². The Bertz CT molecular complexity index is 641. The molecule has 1 N–H and O–H groups in total. The lowest BCUT2D eigenvalue weighted by Crippen LogP contribution is -2.42. The summed E-state index contributed by atoms with van der Waals surface area (Å²) in [5, 5.41) is 1.81. The molecule has 3 rings (SSSR count). The van der Waals surface area contributed by atoms with Gasteiger partial charge in [-0.2, -0.15) is 0 Å². The van der Waals surface area contributed by atoms with Gasteiger partial charge >= 0.3 is 0 Å². The molecule has 0 spiro atoms. The van der Waals surface area contributed by atoms with Crippen LogP contribution < -0.4 is 10.4 Å². The molecule has 4 heteroatoms. The van der Waals surface area contributed by atoms with Gasteiger partial charge < -0.3 is 4.74 Å². The number of carbonyl (C=O) groups is 1. The van der Waals surface area contributed by atoms with Crippen molar-refractivity contribution in [2.45, 2.75) is 26.7 Å². The van der Waals surface area contributed by atoms with Crippen molar-refractivity contribution < 1.29 is 9.53 Å². The number of hydrogen-bond acceptors (Lipinski definition) is 3. The van der Waals surface area contributed by atoms with E-state index in [4.69, 9.17) is 4.74 Å². The normalized spacial score (nSPS) is 20.0. The molecule has 2 aromatic carbocycles. The fourth-order valence-electron chi connectivity index (χ4n) is 2.57. The predicted molar refractivity (Wildman–Crippen MR) is 85.9 cm³/mol. The summed E-state index contributed by atoms with van der Waals surface area (Å²) in [7, 11) is 0. The molecule has 1 saturated heterocycles. The van der Waals surface area contributed by atoms with Crippen LogP contribution in [0, 0.1) is 5.41 Å². The zero-order valence-electron chi connectivity index (χ0n) is 12.8. The number of hydrogen-bond donors (Lipinski definition) is 1. The number of hydrazine groups is 1. The molecular weight excluding hydrogens is 276 g/mol. The van der Waals surface area contributed by atoms with Crippen molar-refractivity contribution >= 4 is 11.6 Å². The highest BCUT2D eigenvalue weighted by molar-refractivity contribution is 5.87. The van der Waals surface area contributed by atoms with Crippen molar-refractivity contribution in [2.75, 3.05) is 5.01 Å². The third-order valence-corrected chi connectivity index (χ3v) is 3.94. The number of anilines is 1.